The number of anilines is 1. The molecule has 2 fully saturated rings. The first-order chi connectivity index (χ1) is 15.6. The van der Waals surface area contributed by atoms with Crippen molar-refractivity contribution in [2.45, 2.75) is 51.4 Å². The van der Waals surface area contributed by atoms with Gasteiger partial charge in [-0.2, -0.15) is 5.10 Å². The summed E-state index contributed by atoms with van der Waals surface area (Å²) in [4.78, 5) is 17.0. The number of nitrogens with zero attached hydrogens (tertiary/aromatic N) is 4. The molecule has 2 aromatic rings. The first-order valence-electron chi connectivity index (χ1n) is 12.0. The fourth-order valence-electron chi connectivity index (χ4n) is 5.21. The Morgan fingerprint density at radius 1 is 1.06 bits per heavy atom. The number of carbonyl (C=O) groups is 1. The Kier molecular flexibility index (Phi) is 7.33. The molecule has 2 aliphatic rings. The number of hydrogen-bond donors (Lipinski definition) is 0. The maximum absolute atomic E-state index is 12.7. The Hall–Kier alpha value is -2.57. The summed E-state index contributed by atoms with van der Waals surface area (Å²) in [6.07, 6.45) is 10.9. The topological polar surface area (TPSA) is 67.8 Å². The highest BCUT2D eigenvalue weighted by atomic mass is 16.5. The van der Waals surface area contributed by atoms with Crippen molar-refractivity contribution in [1.29, 1.82) is 0 Å². The SMILES string of the molecule is COc1cc2cnnc(N3CCC(CCN(C)C(=O)C4CCCCC4)CC3)c2cc1OC. The molecule has 0 radical (unpaired) electrons. The summed E-state index contributed by atoms with van der Waals surface area (Å²) in [6.45, 7) is 2.77. The molecular weight excluding hydrogens is 404 g/mol. The molecule has 4 rings (SSSR count). The van der Waals surface area contributed by atoms with Crippen LogP contribution in [0.3, 0.4) is 0 Å². The summed E-state index contributed by atoms with van der Waals surface area (Å²) >= 11 is 0. The van der Waals surface area contributed by atoms with Crippen molar-refractivity contribution < 1.29 is 14.3 Å². The molecule has 1 aromatic carbocycles. The molecule has 1 amide bonds. The summed E-state index contributed by atoms with van der Waals surface area (Å²) in [7, 11) is 5.28. The maximum Gasteiger partial charge on any atom is 0.225 e. The zero-order valence-corrected chi connectivity index (χ0v) is 19.7. The lowest BCUT2D eigenvalue weighted by atomic mass is 9.88. The van der Waals surface area contributed by atoms with E-state index in [0.29, 0.717) is 23.3 Å². The molecule has 2 heterocycles. The molecular formula is C25H36N4O3. The highest BCUT2D eigenvalue weighted by Gasteiger charge is 2.26. The van der Waals surface area contributed by atoms with E-state index in [-0.39, 0.29) is 5.92 Å². The second-order valence-electron chi connectivity index (χ2n) is 9.28. The third-order valence-corrected chi connectivity index (χ3v) is 7.26. The number of hydrogen-bond acceptors (Lipinski definition) is 6. The van der Waals surface area contributed by atoms with Gasteiger partial charge in [-0.3, -0.25) is 4.79 Å². The average molecular weight is 441 g/mol. The molecule has 0 spiro atoms. The van der Waals surface area contributed by atoms with Crippen LogP contribution in [0.1, 0.15) is 51.4 Å². The molecule has 0 bridgehead atoms. The zero-order chi connectivity index (χ0) is 22.5. The number of carbonyl (C=O) groups excluding carboxylic acids is 1. The molecule has 32 heavy (non-hydrogen) atoms. The summed E-state index contributed by atoms with van der Waals surface area (Å²) in [5, 5.41) is 10.7. The molecule has 1 saturated carbocycles. The smallest absolute Gasteiger partial charge is 0.225 e. The number of methoxy groups -OCH3 is 2. The van der Waals surface area contributed by atoms with Crippen LogP contribution < -0.4 is 14.4 Å². The minimum Gasteiger partial charge on any atom is -0.493 e. The fourth-order valence-corrected chi connectivity index (χ4v) is 5.21. The predicted octanol–water partition coefficient (Wildman–Crippen LogP) is 4.29. The van der Waals surface area contributed by atoms with Gasteiger partial charge in [0, 0.05) is 43.4 Å². The number of rotatable bonds is 7. The summed E-state index contributed by atoms with van der Waals surface area (Å²) in [5.41, 5.74) is 0. The van der Waals surface area contributed by atoms with Gasteiger partial charge in [0.2, 0.25) is 5.91 Å². The Labute approximate surface area is 191 Å². The molecule has 1 aliphatic carbocycles. The van der Waals surface area contributed by atoms with Gasteiger partial charge in [-0.05, 0) is 50.2 Å². The predicted molar refractivity (Wildman–Crippen MR) is 126 cm³/mol. The second kappa shape index (κ2) is 10.4. The van der Waals surface area contributed by atoms with Gasteiger partial charge in [-0.1, -0.05) is 19.3 Å². The third-order valence-electron chi connectivity index (χ3n) is 7.26. The molecule has 0 atom stereocenters. The molecule has 7 heteroatoms. The minimum absolute atomic E-state index is 0.260. The number of ether oxygens (including phenoxy) is 2. The van der Waals surface area contributed by atoms with Crippen LogP contribution in [-0.2, 0) is 4.79 Å². The largest absolute Gasteiger partial charge is 0.493 e. The van der Waals surface area contributed by atoms with Gasteiger partial charge >= 0.3 is 0 Å². The third kappa shape index (κ3) is 4.92. The van der Waals surface area contributed by atoms with Gasteiger partial charge in [-0.15, -0.1) is 5.10 Å². The minimum atomic E-state index is 0.260. The number of fused-ring (bicyclic) bond motifs is 1. The first kappa shape index (κ1) is 22.6. The van der Waals surface area contributed by atoms with E-state index in [0.717, 1.165) is 68.3 Å². The molecule has 0 unspecified atom stereocenters. The lowest BCUT2D eigenvalue weighted by Crippen LogP contribution is -2.38. The monoisotopic (exact) mass is 440 g/mol. The summed E-state index contributed by atoms with van der Waals surface area (Å²) in [6, 6.07) is 3.95. The van der Waals surface area contributed by atoms with Crippen molar-refractivity contribution >= 4 is 22.5 Å². The van der Waals surface area contributed by atoms with E-state index >= 15 is 0 Å². The first-order valence-corrected chi connectivity index (χ1v) is 12.0. The van der Waals surface area contributed by atoms with Crippen molar-refractivity contribution in [3.05, 3.63) is 18.3 Å². The van der Waals surface area contributed by atoms with Crippen molar-refractivity contribution in [2.24, 2.45) is 11.8 Å². The quantitative estimate of drug-likeness (QED) is 0.640. The van der Waals surface area contributed by atoms with Crippen LogP contribution in [0.4, 0.5) is 5.82 Å². The van der Waals surface area contributed by atoms with Crippen LogP contribution in [0.2, 0.25) is 0 Å². The van der Waals surface area contributed by atoms with Gasteiger partial charge in [0.25, 0.3) is 0 Å². The molecule has 174 valence electrons. The van der Waals surface area contributed by atoms with Crippen molar-refractivity contribution in [3.63, 3.8) is 0 Å². The standard InChI is InChI=1S/C25H36N4O3/c1-28(25(30)19-7-5-4-6-8-19)12-9-18-10-13-29(14-11-18)24-21-16-23(32-3)22(31-2)15-20(21)17-26-27-24/h15-19H,4-14H2,1-3H3. The number of amides is 1. The maximum atomic E-state index is 12.7. The van der Waals surface area contributed by atoms with Gasteiger partial charge in [0.15, 0.2) is 17.3 Å². The Morgan fingerprint density at radius 2 is 1.75 bits per heavy atom. The zero-order valence-electron chi connectivity index (χ0n) is 19.7. The van der Waals surface area contributed by atoms with Crippen LogP contribution in [0, 0.1) is 11.8 Å². The molecule has 1 aliphatic heterocycles. The second-order valence-corrected chi connectivity index (χ2v) is 9.28. The summed E-state index contributed by atoms with van der Waals surface area (Å²) < 4.78 is 10.9. The molecule has 1 saturated heterocycles. The van der Waals surface area contributed by atoms with Gasteiger partial charge in [0.1, 0.15) is 0 Å². The number of benzene rings is 1. The Morgan fingerprint density at radius 3 is 2.44 bits per heavy atom. The van der Waals surface area contributed by atoms with Crippen molar-refractivity contribution in [2.75, 3.05) is 45.8 Å². The normalized spacial score (nSPS) is 18.0. The lowest BCUT2D eigenvalue weighted by Gasteiger charge is -2.34. The van der Waals surface area contributed by atoms with Crippen LogP contribution in [0.5, 0.6) is 11.5 Å². The number of aromatic nitrogens is 2. The van der Waals surface area contributed by atoms with Gasteiger partial charge in [0.05, 0.1) is 20.4 Å². The average Bonchev–Trinajstić information content (AvgIpc) is 2.86. The van der Waals surface area contributed by atoms with E-state index in [4.69, 9.17) is 9.47 Å². The lowest BCUT2D eigenvalue weighted by molar-refractivity contribution is -0.135. The van der Waals surface area contributed by atoms with E-state index in [1.165, 1.54) is 19.3 Å². The van der Waals surface area contributed by atoms with E-state index < -0.39 is 0 Å². The van der Waals surface area contributed by atoms with Gasteiger partial charge in [-0.25, -0.2) is 0 Å². The van der Waals surface area contributed by atoms with Gasteiger partial charge < -0.3 is 19.3 Å². The van der Waals surface area contributed by atoms with Crippen LogP contribution in [-0.4, -0.2) is 61.9 Å². The van der Waals surface area contributed by atoms with Crippen LogP contribution in [0.15, 0.2) is 18.3 Å². The summed E-state index contributed by atoms with van der Waals surface area (Å²) in [5.74, 6) is 3.57. The van der Waals surface area contributed by atoms with E-state index in [9.17, 15) is 4.79 Å². The molecule has 1 aromatic heterocycles. The van der Waals surface area contributed by atoms with E-state index in [1.54, 1.807) is 20.4 Å². The molecule has 0 N–H and O–H groups in total. The highest BCUT2D eigenvalue weighted by molar-refractivity contribution is 5.94. The fraction of sp³-hybridized carbons (Fsp3) is 0.640. The van der Waals surface area contributed by atoms with Crippen LogP contribution >= 0.6 is 0 Å². The Bertz CT molecular complexity index is 921. The number of piperidine rings is 1. The van der Waals surface area contributed by atoms with E-state index in [2.05, 4.69) is 15.1 Å². The van der Waals surface area contributed by atoms with Crippen LogP contribution in [0.25, 0.3) is 10.8 Å². The molecule has 7 nitrogen and oxygen atoms in total. The Balaban J connectivity index is 1.34. The van der Waals surface area contributed by atoms with Crippen molar-refractivity contribution in [3.8, 4) is 11.5 Å². The van der Waals surface area contributed by atoms with Crippen molar-refractivity contribution in [1.82, 2.24) is 15.1 Å². The highest BCUT2D eigenvalue weighted by Crippen LogP contribution is 2.36. The van der Waals surface area contributed by atoms with E-state index in [1.807, 2.05) is 24.1 Å².